The smallest absolute Gasteiger partial charge is 0.223 e. The number of nitrogens with zero attached hydrogens (tertiary/aromatic N) is 1. The summed E-state index contributed by atoms with van der Waals surface area (Å²) >= 11 is 0. The maximum Gasteiger partial charge on any atom is 0.223 e. The van der Waals surface area contributed by atoms with Gasteiger partial charge in [-0.25, -0.2) is 17.1 Å². The van der Waals surface area contributed by atoms with Crippen LogP contribution in [0.4, 0.5) is 4.39 Å². The summed E-state index contributed by atoms with van der Waals surface area (Å²) in [6.07, 6.45) is 1.72. The highest BCUT2D eigenvalue weighted by Crippen LogP contribution is 2.24. The lowest BCUT2D eigenvalue weighted by Crippen LogP contribution is -2.44. The van der Waals surface area contributed by atoms with E-state index in [9.17, 15) is 17.6 Å². The molecule has 1 unspecified atom stereocenters. The topological polar surface area (TPSA) is 66.5 Å². The Kier molecular flexibility index (Phi) is 7.03. The number of benzene rings is 2. The molecule has 1 amide bonds. The fourth-order valence-electron chi connectivity index (χ4n) is 3.70. The van der Waals surface area contributed by atoms with E-state index in [0.29, 0.717) is 12.8 Å². The van der Waals surface area contributed by atoms with Crippen molar-refractivity contribution in [3.8, 4) is 0 Å². The van der Waals surface area contributed by atoms with Crippen molar-refractivity contribution in [3.63, 3.8) is 0 Å². The third-order valence-electron chi connectivity index (χ3n) is 5.44. The number of carbonyl (C=O) groups is 1. The zero-order valence-corrected chi connectivity index (χ0v) is 17.4. The molecule has 7 heteroatoms. The van der Waals surface area contributed by atoms with Gasteiger partial charge >= 0.3 is 0 Å². The number of amides is 1. The Labute approximate surface area is 172 Å². The molecular formula is C22H27FN2O3S. The van der Waals surface area contributed by atoms with Crippen molar-refractivity contribution in [1.82, 2.24) is 9.62 Å². The van der Waals surface area contributed by atoms with Gasteiger partial charge in [-0.05, 0) is 30.9 Å². The SMILES string of the molecule is CCC(NC(=O)C1CCN(S(=O)(=O)Cc2ccccc2F)CC1)c1ccccc1. The van der Waals surface area contributed by atoms with Crippen molar-refractivity contribution in [2.75, 3.05) is 13.1 Å². The van der Waals surface area contributed by atoms with Gasteiger partial charge in [-0.3, -0.25) is 4.79 Å². The number of hydrogen-bond donors (Lipinski definition) is 1. The number of halogens is 1. The summed E-state index contributed by atoms with van der Waals surface area (Å²) in [5.74, 6) is -1.13. The number of hydrogen-bond acceptors (Lipinski definition) is 3. The molecule has 156 valence electrons. The van der Waals surface area contributed by atoms with Crippen LogP contribution in [0, 0.1) is 11.7 Å². The van der Waals surface area contributed by atoms with E-state index in [-0.39, 0.29) is 42.3 Å². The van der Waals surface area contributed by atoms with Gasteiger partial charge in [0.25, 0.3) is 0 Å². The summed E-state index contributed by atoms with van der Waals surface area (Å²) in [5, 5.41) is 3.10. The summed E-state index contributed by atoms with van der Waals surface area (Å²) in [6, 6.07) is 15.7. The van der Waals surface area contributed by atoms with Gasteiger partial charge < -0.3 is 5.32 Å². The summed E-state index contributed by atoms with van der Waals surface area (Å²) in [6.45, 7) is 2.57. The molecule has 2 aromatic rings. The van der Waals surface area contributed by atoms with Crippen molar-refractivity contribution in [2.24, 2.45) is 5.92 Å². The summed E-state index contributed by atoms with van der Waals surface area (Å²) in [7, 11) is -3.62. The van der Waals surface area contributed by atoms with Crippen molar-refractivity contribution in [2.45, 2.75) is 38.0 Å². The van der Waals surface area contributed by atoms with E-state index >= 15 is 0 Å². The number of carbonyl (C=O) groups excluding carboxylic acids is 1. The van der Waals surface area contributed by atoms with Crippen LogP contribution in [0.2, 0.25) is 0 Å². The maximum absolute atomic E-state index is 13.8. The minimum Gasteiger partial charge on any atom is -0.349 e. The molecule has 1 heterocycles. The molecule has 0 saturated carbocycles. The fraction of sp³-hybridized carbons (Fsp3) is 0.409. The maximum atomic E-state index is 13.8. The molecule has 3 rings (SSSR count). The Morgan fingerprint density at radius 2 is 1.72 bits per heavy atom. The van der Waals surface area contributed by atoms with Crippen molar-refractivity contribution < 1.29 is 17.6 Å². The lowest BCUT2D eigenvalue weighted by Gasteiger charge is -2.31. The highest BCUT2D eigenvalue weighted by molar-refractivity contribution is 7.88. The van der Waals surface area contributed by atoms with Gasteiger partial charge in [0.1, 0.15) is 5.82 Å². The Morgan fingerprint density at radius 3 is 2.34 bits per heavy atom. The second-order valence-corrected chi connectivity index (χ2v) is 9.37. The minimum absolute atomic E-state index is 0.0353. The molecule has 1 fully saturated rings. The van der Waals surface area contributed by atoms with E-state index in [4.69, 9.17) is 0 Å². The average Bonchev–Trinajstić information content (AvgIpc) is 2.74. The highest BCUT2D eigenvalue weighted by Gasteiger charge is 2.32. The van der Waals surface area contributed by atoms with Gasteiger partial charge in [-0.1, -0.05) is 55.5 Å². The molecular weight excluding hydrogens is 391 g/mol. The van der Waals surface area contributed by atoms with E-state index in [0.717, 1.165) is 12.0 Å². The van der Waals surface area contributed by atoms with Crippen LogP contribution in [0.5, 0.6) is 0 Å². The second kappa shape index (κ2) is 9.50. The van der Waals surface area contributed by atoms with Crippen LogP contribution in [0.15, 0.2) is 54.6 Å². The lowest BCUT2D eigenvalue weighted by atomic mass is 9.96. The molecule has 0 aromatic heterocycles. The van der Waals surface area contributed by atoms with Gasteiger partial charge in [-0.15, -0.1) is 0 Å². The second-order valence-electron chi connectivity index (χ2n) is 7.40. The fourth-order valence-corrected chi connectivity index (χ4v) is 5.27. The van der Waals surface area contributed by atoms with Crippen LogP contribution < -0.4 is 5.32 Å². The third kappa shape index (κ3) is 5.42. The van der Waals surface area contributed by atoms with Gasteiger partial charge in [0.2, 0.25) is 15.9 Å². The predicted octanol–water partition coefficient (Wildman–Crippen LogP) is 3.64. The Morgan fingerprint density at radius 1 is 1.10 bits per heavy atom. The first-order valence-corrected chi connectivity index (χ1v) is 11.6. The van der Waals surface area contributed by atoms with Crippen LogP contribution in [0.25, 0.3) is 0 Å². The largest absolute Gasteiger partial charge is 0.349 e. The van der Waals surface area contributed by atoms with Gasteiger partial charge in [0.15, 0.2) is 0 Å². The Hall–Kier alpha value is -2.25. The molecule has 1 aliphatic heterocycles. The molecule has 5 nitrogen and oxygen atoms in total. The molecule has 1 N–H and O–H groups in total. The van der Waals surface area contributed by atoms with E-state index in [1.54, 1.807) is 6.07 Å². The Balaban J connectivity index is 1.57. The summed E-state index contributed by atoms with van der Waals surface area (Å²) in [4.78, 5) is 12.7. The van der Waals surface area contributed by atoms with E-state index in [1.165, 1.54) is 22.5 Å². The number of sulfonamides is 1. The van der Waals surface area contributed by atoms with E-state index < -0.39 is 15.8 Å². The van der Waals surface area contributed by atoms with Gasteiger partial charge in [0.05, 0.1) is 11.8 Å². The third-order valence-corrected chi connectivity index (χ3v) is 7.27. The van der Waals surface area contributed by atoms with Crippen LogP contribution in [0.3, 0.4) is 0 Å². The molecule has 0 spiro atoms. The first-order chi connectivity index (χ1) is 13.9. The van der Waals surface area contributed by atoms with Crippen molar-refractivity contribution in [3.05, 3.63) is 71.5 Å². The number of nitrogens with one attached hydrogen (secondary N) is 1. The number of piperidine rings is 1. The zero-order chi connectivity index (χ0) is 20.9. The molecule has 29 heavy (non-hydrogen) atoms. The van der Waals surface area contributed by atoms with E-state index in [1.807, 2.05) is 37.3 Å². The summed E-state index contributed by atoms with van der Waals surface area (Å²) in [5.41, 5.74) is 1.23. The van der Waals surface area contributed by atoms with Crippen molar-refractivity contribution >= 4 is 15.9 Å². The van der Waals surface area contributed by atoms with Crippen molar-refractivity contribution in [1.29, 1.82) is 0 Å². The average molecular weight is 419 g/mol. The molecule has 0 bridgehead atoms. The lowest BCUT2D eigenvalue weighted by molar-refractivity contribution is -0.126. The molecule has 1 aliphatic rings. The monoisotopic (exact) mass is 418 g/mol. The van der Waals surface area contributed by atoms with Crippen LogP contribution >= 0.6 is 0 Å². The van der Waals surface area contributed by atoms with Crippen LogP contribution in [0.1, 0.15) is 43.4 Å². The van der Waals surface area contributed by atoms with Gasteiger partial charge in [0, 0.05) is 24.6 Å². The molecule has 2 aromatic carbocycles. The zero-order valence-electron chi connectivity index (χ0n) is 16.6. The van der Waals surface area contributed by atoms with Crippen LogP contribution in [-0.2, 0) is 20.6 Å². The molecule has 0 aliphatic carbocycles. The number of rotatable bonds is 7. The quantitative estimate of drug-likeness (QED) is 0.747. The molecule has 0 radical (unpaired) electrons. The van der Waals surface area contributed by atoms with E-state index in [2.05, 4.69) is 5.32 Å². The van der Waals surface area contributed by atoms with Gasteiger partial charge in [-0.2, -0.15) is 0 Å². The standard InChI is InChI=1S/C22H27FN2O3S/c1-2-21(17-8-4-3-5-9-17)24-22(26)18-12-14-25(15-13-18)29(27,28)16-19-10-6-7-11-20(19)23/h3-11,18,21H,2,12-16H2,1H3,(H,24,26). The molecule has 1 atom stereocenters. The minimum atomic E-state index is -3.62. The summed E-state index contributed by atoms with van der Waals surface area (Å²) < 4.78 is 40.5. The highest BCUT2D eigenvalue weighted by atomic mass is 32.2. The normalized spacial score (nSPS) is 17.0. The predicted molar refractivity (Wildman–Crippen MR) is 111 cm³/mol. The first kappa shape index (κ1) is 21.5. The molecule has 1 saturated heterocycles. The first-order valence-electron chi connectivity index (χ1n) is 9.97. The van der Waals surface area contributed by atoms with Crippen LogP contribution in [-0.4, -0.2) is 31.7 Å². The Bertz CT molecular complexity index is 926.